The Labute approximate surface area is 113 Å². The highest BCUT2D eigenvalue weighted by molar-refractivity contribution is 7.80. The summed E-state index contributed by atoms with van der Waals surface area (Å²) in [7, 11) is 0. The Bertz CT molecular complexity index is 453. The predicted molar refractivity (Wildman–Crippen MR) is 76.2 cm³/mol. The number of nitrogens with one attached hydrogen (secondary N) is 1. The van der Waals surface area contributed by atoms with Gasteiger partial charge in [-0.15, -0.1) is 12.6 Å². The highest BCUT2D eigenvalue weighted by Gasteiger charge is 2.17. The summed E-state index contributed by atoms with van der Waals surface area (Å²) in [4.78, 5) is 12.5. The zero-order chi connectivity index (χ0) is 13.9. The first-order valence-corrected chi connectivity index (χ1v) is 6.20. The number of amides is 1. The molecule has 0 aliphatic heterocycles. The topological polar surface area (TPSA) is 64.3 Å². The fourth-order valence-corrected chi connectivity index (χ4v) is 1.70. The van der Waals surface area contributed by atoms with Gasteiger partial charge < -0.3 is 10.5 Å². The molecule has 100 valence electrons. The molecule has 1 aromatic carbocycles. The van der Waals surface area contributed by atoms with E-state index in [1.54, 1.807) is 0 Å². The van der Waals surface area contributed by atoms with Crippen molar-refractivity contribution in [2.24, 2.45) is 5.73 Å². The molecule has 0 bridgehead atoms. The number of benzene rings is 1. The Balaban J connectivity index is 2.90. The molecule has 1 amide bonds. The molecule has 0 heterocycles. The van der Waals surface area contributed by atoms with Gasteiger partial charge in [-0.25, -0.2) is 4.79 Å². The molecule has 0 aliphatic rings. The van der Waals surface area contributed by atoms with Gasteiger partial charge in [0.05, 0.1) is 0 Å². The van der Waals surface area contributed by atoms with E-state index in [0.29, 0.717) is 12.2 Å². The van der Waals surface area contributed by atoms with Crippen molar-refractivity contribution in [1.82, 2.24) is 0 Å². The van der Waals surface area contributed by atoms with Crippen LogP contribution in [0.25, 0.3) is 0 Å². The van der Waals surface area contributed by atoms with Crippen LogP contribution in [0.1, 0.15) is 31.9 Å². The van der Waals surface area contributed by atoms with Gasteiger partial charge in [0, 0.05) is 17.1 Å². The first-order valence-electron chi connectivity index (χ1n) is 5.75. The summed E-state index contributed by atoms with van der Waals surface area (Å²) in [5, 5.41) is 2.72. The molecule has 0 saturated carbocycles. The third kappa shape index (κ3) is 4.23. The maximum Gasteiger partial charge on any atom is 0.412 e. The van der Waals surface area contributed by atoms with Gasteiger partial charge >= 0.3 is 6.09 Å². The van der Waals surface area contributed by atoms with Crippen LogP contribution in [-0.4, -0.2) is 11.7 Å². The van der Waals surface area contributed by atoms with Gasteiger partial charge in [0.2, 0.25) is 0 Å². The molecule has 0 fully saturated rings. The van der Waals surface area contributed by atoms with E-state index < -0.39 is 11.7 Å². The maximum atomic E-state index is 11.7. The fourth-order valence-electron chi connectivity index (χ4n) is 1.42. The Morgan fingerprint density at radius 1 is 1.44 bits per heavy atom. The highest BCUT2D eigenvalue weighted by atomic mass is 32.1. The van der Waals surface area contributed by atoms with Crippen molar-refractivity contribution in [1.29, 1.82) is 0 Å². The molecule has 0 aromatic heterocycles. The van der Waals surface area contributed by atoms with Crippen molar-refractivity contribution in [3.8, 4) is 0 Å². The van der Waals surface area contributed by atoms with Gasteiger partial charge in [-0.1, -0.05) is 0 Å². The monoisotopic (exact) mass is 268 g/mol. The summed E-state index contributed by atoms with van der Waals surface area (Å²) in [6.45, 7) is 7.74. The third-order valence-corrected chi connectivity index (χ3v) is 2.78. The lowest BCUT2D eigenvalue weighted by molar-refractivity contribution is 0.0636. The molecule has 1 rings (SSSR count). The third-order valence-electron chi connectivity index (χ3n) is 2.31. The quantitative estimate of drug-likeness (QED) is 0.722. The summed E-state index contributed by atoms with van der Waals surface area (Å²) < 4.78 is 5.20. The smallest absolute Gasteiger partial charge is 0.412 e. The van der Waals surface area contributed by atoms with Crippen LogP contribution in [0.2, 0.25) is 0 Å². The maximum absolute atomic E-state index is 11.7. The minimum Gasteiger partial charge on any atom is -0.444 e. The van der Waals surface area contributed by atoms with Crippen LogP contribution in [0.4, 0.5) is 10.5 Å². The molecule has 3 N–H and O–H groups in total. The summed E-state index contributed by atoms with van der Waals surface area (Å²) in [6, 6.07) is 3.72. The normalized spacial score (nSPS) is 11.2. The highest BCUT2D eigenvalue weighted by Crippen LogP contribution is 2.25. The Hall–Kier alpha value is -1.20. The number of hydrogen-bond acceptors (Lipinski definition) is 4. The molecule has 5 heteroatoms. The molecular weight excluding hydrogens is 248 g/mol. The number of rotatable bonds is 2. The SMILES string of the molecule is Cc1c(S)cc(CN)cc1NC(=O)OC(C)(C)C. The van der Waals surface area contributed by atoms with Gasteiger partial charge in [-0.2, -0.15) is 0 Å². The summed E-state index contributed by atoms with van der Waals surface area (Å²) in [5.41, 5.74) is 7.55. The molecule has 4 nitrogen and oxygen atoms in total. The van der Waals surface area contributed by atoms with Crippen LogP contribution in [0.3, 0.4) is 0 Å². The van der Waals surface area contributed by atoms with Crippen molar-refractivity contribution >= 4 is 24.4 Å². The summed E-state index contributed by atoms with van der Waals surface area (Å²) in [6.07, 6.45) is -0.479. The van der Waals surface area contributed by atoms with E-state index in [0.717, 1.165) is 16.0 Å². The largest absolute Gasteiger partial charge is 0.444 e. The number of thiol groups is 1. The Kier molecular flexibility index (Phi) is 4.65. The lowest BCUT2D eigenvalue weighted by atomic mass is 10.1. The van der Waals surface area contributed by atoms with E-state index in [1.165, 1.54) is 0 Å². The lowest BCUT2D eigenvalue weighted by Gasteiger charge is -2.20. The fraction of sp³-hybridized carbons (Fsp3) is 0.462. The molecule has 0 atom stereocenters. The number of anilines is 1. The molecular formula is C13H20N2O2S. The number of hydrogen-bond donors (Lipinski definition) is 3. The second-order valence-electron chi connectivity index (χ2n) is 5.12. The minimum atomic E-state index is -0.521. The minimum absolute atomic E-state index is 0.400. The molecule has 0 saturated heterocycles. The summed E-state index contributed by atoms with van der Waals surface area (Å²) >= 11 is 4.35. The molecule has 0 radical (unpaired) electrons. The standard InChI is InChI=1S/C13H20N2O2S/c1-8-10(5-9(7-14)6-11(8)18)15-12(16)17-13(2,3)4/h5-6,18H,7,14H2,1-4H3,(H,15,16). The van der Waals surface area contributed by atoms with E-state index in [9.17, 15) is 4.79 Å². The molecule has 1 aromatic rings. The molecule has 0 spiro atoms. The molecule has 18 heavy (non-hydrogen) atoms. The van der Waals surface area contributed by atoms with Crippen LogP contribution < -0.4 is 11.1 Å². The number of nitrogens with two attached hydrogens (primary N) is 1. The van der Waals surface area contributed by atoms with E-state index in [-0.39, 0.29) is 0 Å². The average molecular weight is 268 g/mol. The van der Waals surface area contributed by atoms with Crippen LogP contribution in [0.5, 0.6) is 0 Å². The van der Waals surface area contributed by atoms with E-state index in [1.807, 2.05) is 39.8 Å². The molecule has 0 unspecified atom stereocenters. The van der Waals surface area contributed by atoms with E-state index in [4.69, 9.17) is 10.5 Å². The van der Waals surface area contributed by atoms with Crippen molar-refractivity contribution in [2.45, 2.75) is 44.7 Å². The zero-order valence-corrected chi connectivity index (χ0v) is 12.1. The average Bonchev–Trinajstić information content (AvgIpc) is 2.21. The van der Waals surface area contributed by atoms with Crippen LogP contribution in [0, 0.1) is 6.92 Å². The van der Waals surface area contributed by atoms with Crippen molar-refractivity contribution in [2.75, 3.05) is 5.32 Å². The Morgan fingerprint density at radius 2 is 2.06 bits per heavy atom. The van der Waals surface area contributed by atoms with Crippen LogP contribution in [-0.2, 0) is 11.3 Å². The van der Waals surface area contributed by atoms with E-state index >= 15 is 0 Å². The first kappa shape index (κ1) is 14.9. The van der Waals surface area contributed by atoms with E-state index in [2.05, 4.69) is 17.9 Å². The number of carbonyl (C=O) groups is 1. The first-order chi connectivity index (χ1) is 8.23. The van der Waals surface area contributed by atoms with Crippen molar-refractivity contribution < 1.29 is 9.53 Å². The number of carbonyl (C=O) groups excluding carboxylic acids is 1. The Morgan fingerprint density at radius 3 is 2.56 bits per heavy atom. The zero-order valence-electron chi connectivity index (χ0n) is 11.2. The van der Waals surface area contributed by atoms with Crippen molar-refractivity contribution in [3.05, 3.63) is 23.3 Å². The van der Waals surface area contributed by atoms with Crippen molar-refractivity contribution in [3.63, 3.8) is 0 Å². The van der Waals surface area contributed by atoms with Crippen LogP contribution >= 0.6 is 12.6 Å². The second kappa shape index (κ2) is 5.63. The van der Waals surface area contributed by atoms with Gasteiger partial charge in [-0.05, 0) is 51.0 Å². The van der Waals surface area contributed by atoms with Gasteiger partial charge in [0.15, 0.2) is 0 Å². The predicted octanol–water partition coefficient (Wildman–Crippen LogP) is 3.09. The lowest BCUT2D eigenvalue weighted by Crippen LogP contribution is -2.27. The van der Waals surface area contributed by atoms with Crippen LogP contribution in [0.15, 0.2) is 17.0 Å². The summed E-state index contributed by atoms with van der Waals surface area (Å²) in [5.74, 6) is 0. The van der Waals surface area contributed by atoms with Gasteiger partial charge in [0.1, 0.15) is 5.60 Å². The molecule has 0 aliphatic carbocycles. The van der Waals surface area contributed by atoms with Gasteiger partial charge in [0.25, 0.3) is 0 Å². The number of ether oxygens (including phenoxy) is 1. The van der Waals surface area contributed by atoms with Gasteiger partial charge in [-0.3, -0.25) is 5.32 Å². The second-order valence-corrected chi connectivity index (χ2v) is 5.60.